The van der Waals surface area contributed by atoms with E-state index in [9.17, 15) is 0 Å². The average molecular weight is 303 g/mol. The number of hydrogen-bond acceptors (Lipinski definition) is 3. The van der Waals surface area contributed by atoms with Crippen LogP contribution < -0.4 is 10.6 Å². The summed E-state index contributed by atoms with van der Waals surface area (Å²) in [5.74, 6) is 0.422. The molecule has 0 aliphatic carbocycles. The molecule has 2 rings (SSSR count). The second-order valence-electron chi connectivity index (χ2n) is 4.25. The molecule has 0 radical (unpaired) electrons. The Morgan fingerprint density at radius 1 is 1.38 bits per heavy atom. The lowest BCUT2D eigenvalue weighted by atomic mass is 10.3. The fraction of sp³-hybridized carbons (Fsp3) is 0.214. The SMILES string of the molecule is N#CNC(=NCCCn1ccnc1)Nc1ccc(Cl)cc1. The first kappa shape index (κ1) is 14.9. The van der Waals surface area contributed by atoms with Crippen molar-refractivity contribution < 1.29 is 0 Å². The van der Waals surface area contributed by atoms with Gasteiger partial charge in [-0.1, -0.05) is 11.6 Å². The van der Waals surface area contributed by atoms with E-state index in [0.717, 1.165) is 18.7 Å². The highest BCUT2D eigenvalue weighted by atomic mass is 35.5. The highest BCUT2D eigenvalue weighted by Gasteiger charge is 1.99. The van der Waals surface area contributed by atoms with Gasteiger partial charge in [0.05, 0.1) is 6.33 Å². The molecule has 0 spiro atoms. The first-order chi connectivity index (χ1) is 10.3. The van der Waals surface area contributed by atoms with E-state index in [4.69, 9.17) is 16.9 Å². The lowest BCUT2D eigenvalue weighted by Crippen LogP contribution is -2.27. The van der Waals surface area contributed by atoms with Crippen LogP contribution in [0.3, 0.4) is 0 Å². The third-order valence-corrected chi connectivity index (χ3v) is 2.94. The number of nitrogens with one attached hydrogen (secondary N) is 2. The lowest BCUT2D eigenvalue weighted by Gasteiger charge is -2.08. The van der Waals surface area contributed by atoms with Crippen molar-refractivity contribution >= 4 is 23.2 Å². The van der Waals surface area contributed by atoms with Crippen molar-refractivity contribution in [3.8, 4) is 6.19 Å². The zero-order valence-corrected chi connectivity index (χ0v) is 12.1. The smallest absolute Gasteiger partial charge is 0.209 e. The van der Waals surface area contributed by atoms with E-state index in [0.29, 0.717) is 17.5 Å². The van der Waals surface area contributed by atoms with E-state index in [1.54, 1.807) is 24.7 Å². The van der Waals surface area contributed by atoms with Gasteiger partial charge < -0.3 is 9.88 Å². The minimum absolute atomic E-state index is 0.422. The van der Waals surface area contributed by atoms with Crippen LogP contribution in [0.25, 0.3) is 0 Å². The van der Waals surface area contributed by atoms with E-state index in [-0.39, 0.29) is 0 Å². The molecule has 0 aliphatic rings. The van der Waals surface area contributed by atoms with Crippen LogP contribution in [0.15, 0.2) is 48.0 Å². The van der Waals surface area contributed by atoms with E-state index < -0.39 is 0 Å². The zero-order valence-electron chi connectivity index (χ0n) is 11.3. The number of anilines is 1. The molecule has 1 aromatic carbocycles. The molecule has 0 fully saturated rings. The van der Waals surface area contributed by atoms with Crippen molar-refractivity contribution in [3.05, 3.63) is 48.0 Å². The van der Waals surface area contributed by atoms with Gasteiger partial charge in [-0.25, -0.2) is 4.98 Å². The molecule has 2 aromatic rings. The monoisotopic (exact) mass is 302 g/mol. The van der Waals surface area contributed by atoms with Gasteiger partial charge in [-0.05, 0) is 30.7 Å². The maximum atomic E-state index is 8.75. The van der Waals surface area contributed by atoms with Gasteiger partial charge in [-0.3, -0.25) is 10.3 Å². The Kier molecular flexibility index (Phi) is 5.61. The number of rotatable bonds is 5. The van der Waals surface area contributed by atoms with Crippen molar-refractivity contribution in [1.82, 2.24) is 14.9 Å². The quantitative estimate of drug-likeness (QED) is 0.292. The Balaban J connectivity index is 1.86. The summed E-state index contributed by atoms with van der Waals surface area (Å²) in [6.45, 7) is 1.44. The zero-order chi connectivity index (χ0) is 14.9. The largest absolute Gasteiger partial charge is 0.337 e. The standard InChI is InChI=1S/C14H15ClN6/c15-12-2-4-13(5-3-12)20-14(19-10-16)18-6-1-8-21-9-7-17-11-21/h2-5,7,9,11H,1,6,8H2,(H2,18,19,20). The molecule has 0 aliphatic heterocycles. The number of aliphatic imine (C=N–C) groups is 1. The summed E-state index contributed by atoms with van der Waals surface area (Å²) in [6, 6.07) is 7.19. The summed E-state index contributed by atoms with van der Waals surface area (Å²) in [5.41, 5.74) is 0.815. The number of imidazole rings is 1. The number of hydrogen-bond donors (Lipinski definition) is 2. The highest BCUT2D eigenvalue weighted by Crippen LogP contribution is 2.13. The Hall–Kier alpha value is -2.52. The van der Waals surface area contributed by atoms with Gasteiger partial charge >= 0.3 is 0 Å². The van der Waals surface area contributed by atoms with Gasteiger partial charge in [0.2, 0.25) is 5.96 Å². The lowest BCUT2D eigenvalue weighted by molar-refractivity contribution is 0.650. The van der Waals surface area contributed by atoms with E-state index in [1.165, 1.54) is 0 Å². The normalized spacial score (nSPS) is 11.0. The first-order valence-corrected chi connectivity index (χ1v) is 6.83. The summed E-state index contributed by atoms with van der Waals surface area (Å²) in [6.07, 6.45) is 8.14. The second-order valence-corrected chi connectivity index (χ2v) is 4.69. The topological polar surface area (TPSA) is 78.0 Å². The van der Waals surface area contributed by atoms with Crippen molar-refractivity contribution in [2.45, 2.75) is 13.0 Å². The minimum atomic E-state index is 0.422. The summed E-state index contributed by atoms with van der Waals surface area (Å²) in [4.78, 5) is 8.31. The molecule has 1 aromatic heterocycles. The summed E-state index contributed by atoms with van der Waals surface area (Å²) in [5, 5.41) is 15.0. The van der Waals surface area contributed by atoms with Gasteiger partial charge in [-0.2, -0.15) is 5.26 Å². The van der Waals surface area contributed by atoms with E-state index >= 15 is 0 Å². The number of halogens is 1. The summed E-state index contributed by atoms with van der Waals surface area (Å²) >= 11 is 5.83. The van der Waals surface area contributed by atoms with Crippen LogP contribution in [0.2, 0.25) is 5.02 Å². The predicted molar refractivity (Wildman–Crippen MR) is 83.0 cm³/mol. The highest BCUT2D eigenvalue weighted by molar-refractivity contribution is 6.30. The first-order valence-electron chi connectivity index (χ1n) is 6.46. The molecule has 108 valence electrons. The number of guanidine groups is 1. The molecule has 0 amide bonds. The number of aryl methyl sites for hydroxylation is 1. The van der Waals surface area contributed by atoms with Crippen molar-refractivity contribution in [3.63, 3.8) is 0 Å². The number of aromatic nitrogens is 2. The Morgan fingerprint density at radius 3 is 2.86 bits per heavy atom. The molecular formula is C14H15ClN6. The molecule has 0 saturated heterocycles. The Bertz CT molecular complexity index is 612. The third kappa shape index (κ3) is 5.16. The molecule has 0 atom stereocenters. The molecule has 1 heterocycles. The van der Waals surface area contributed by atoms with Crippen LogP contribution in [-0.2, 0) is 6.54 Å². The molecule has 21 heavy (non-hydrogen) atoms. The van der Waals surface area contributed by atoms with Crippen LogP contribution in [0.4, 0.5) is 5.69 Å². The molecule has 6 nitrogen and oxygen atoms in total. The van der Waals surface area contributed by atoms with Crippen LogP contribution in [-0.4, -0.2) is 22.1 Å². The van der Waals surface area contributed by atoms with Gasteiger partial charge in [0.25, 0.3) is 0 Å². The van der Waals surface area contributed by atoms with Crippen molar-refractivity contribution in [2.24, 2.45) is 4.99 Å². The van der Waals surface area contributed by atoms with Crippen LogP contribution in [0, 0.1) is 11.5 Å². The number of nitriles is 1. The number of nitrogens with zero attached hydrogens (tertiary/aromatic N) is 4. The van der Waals surface area contributed by atoms with Gasteiger partial charge in [0.15, 0.2) is 6.19 Å². The molecule has 0 unspecified atom stereocenters. The van der Waals surface area contributed by atoms with Crippen molar-refractivity contribution in [1.29, 1.82) is 5.26 Å². The molecular weight excluding hydrogens is 288 g/mol. The fourth-order valence-electron chi connectivity index (χ4n) is 1.70. The van der Waals surface area contributed by atoms with E-state index in [2.05, 4.69) is 20.6 Å². The average Bonchev–Trinajstić information content (AvgIpc) is 2.99. The Morgan fingerprint density at radius 2 is 2.19 bits per heavy atom. The number of benzene rings is 1. The second kappa shape index (κ2) is 7.92. The summed E-state index contributed by atoms with van der Waals surface area (Å²) in [7, 11) is 0. The van der Waals surface area contributed by atoms with Crippen LogP contribution >= 0.6 is 11.6 Å². The van der Waals surface area contributed by atoms with Gasteiger partial charge in [-0.15, -0.1) is 0 Å². The van der Waals surface area contributed by atoms with Gasteiger partial charge in [0.1, 0.15) is 0 Å². The molecule has 0 saturated carbocycles. The fourth-order valence-corrected chi connectivity index (χ4v) is 1.82. The minimum Gasteiger partial charge on any atom is -0.337 e. The molecule has 7 heteroatoms. The maximum absolute atomic E-state index is 8.75. The maximum Gasteiger partial charge on any atom is 0.209 e. The third-order valence-electron chi connectivity index (χ3n) is 2.68. The predicted octanol–water partition coefficient (Wildman–Crippen LogP) is 2.47. The molecule has 2 N–H and O–H groups in total. The van der Waals surface area contributed by atoms with Crippen molar-refractivity contribution in [2.75, 3.05) is 11.9 Å². The van der Waals surface area contributed by atoms with Crippen LogP contribution in [0.1, 0.15) is 6.42 Å². The van der Waals surface area contributed by atoms with E-state index in [1.807, 2.05) is 29.1 Å². The Labute approximate surface area is 128 Å². The molecule has 0 bridgehead atoms. The van der Waals surface area contributed by atoms with Crippen LogP contribution in [0.5, 0.6) is 0 Å². The van der Waals surface area contributed by atoms with Gasteiger partial charge in [0, 0.05) is 36.2 Å². The summed E-state index contributed by atoms with van der Waals surface area (Å²) < 4.78 is 1.99.